The van der Waals surface area contributed by atoms with E-state index < -0.39 is 0 Å². The lowest BCUT2D eigenvalue weighted by Gasteiger charge is -2.31. The van der Waals surface area contributed by atoms with Gasteiger partial charge in [0, 0.05) is 50.5 Å². The SMILES string of the molecule is Cc1cn(C)c(NC2CCC(Cc3cc(N4CCCCC4)cc4nccnc34)CC2)n1. The maximum atomic E-state index is 4.71. The lowest BCUT2D eigenvalue weighted by Crippen LogP contribution is -2.29. The van der Waals surface area contributed by atoms with E-state index >= 15 is 0 Å². The van der Waals surface area contributed by atoms with Crippen LogP contribution in [0.5, 0.6) is 0 Å². The van der Waals surface area contributed by atoms with Crippen molar-refractivity contribution in [2.45, 2.75) is 64.3 Å². The van der Waals surface area contributed by atoms with Gasteiger partial charge in [0.1, 0.15) is 0 Å². The largest absolute Gasteiger partial charge is 0.371 e. The first-order chi connectivity index (χ1) is 15.2. The molecule has 1 N–H and O–H groups in total. The summed E-state index contributed by atoms with van der Waals surface area (Å²) in [7, 11) is 2.06. The molecule has 6 heteroatoms. The summed E-state index contributed by atoms with van der Waals surface area (Å²) in [5.41, 5.74) is 5.92. The van der Waals surface area contributed by atoms with Gasteiger partial charge in [-0.1, -0.05) is 0 Å². The number of piperidine rings is 1. The van der Waals surface area contributed by atoms with Crippen molar-refractivity contribution in [2.75, 3.05) is 23.3 Å². The lowest BCUT2D eigenvalue weighted by molar-refractivity contribution is 0.335. The number of nitrogens with one attached hydrogen (secondary N) is 1. The van der Waals surface area contributed by atoms with Crippen LogP contribution in [0.15, 0.2) is 30.7 Å². The number of fused-ring (bicyclic) bond motifs is 1. The Bertz CT molecular complexity index is 1030. The third-order valence-corrected chi connectivity index (χ3v) is 7.04. The highest BCUT2D eigenvalue weighted by Gasteiger charge is 2.24. The van der Waals surface area contributed by atoms with Crippen LogP contribution in [0.1, 0.15) is 56.2 Å². The van der Waals surface area contributed by atoms with E-state index in [1.165, 1.54) is 56.2 Å². The molecule has 0 atom stereocenters. The molecule has 0 unspecified atom stereocenters. The van der Waals surface area contributed by atoms with Crippen molar-refractivity contribution >= 4 is 22.7 Å². The first-order valence-electron chi connectivity index (χ1n) is 11.9. The van der Waals surface area contributed by atoms with Crippen LogP contribution >= 0.6 is 0 Å². The van der Waals surface area contributed by atoms with Gasteiger partial charge in [0.25, 0.3) is 0 Å². The van der Waals surface area contributed by atoms with E-state index in [0.717, 1.165) is 42.2 Å². The fourth-order valence-electron chi connectivity index (χ4n) is 5.38. The van der Waals surface area contributed by atoms with Gasteiger partial charge in [0.05, 0.1) is 16.7 Å². The molecule has 0 radical (unpaired) electrons. The van der Waals surface area contributed by atoms with Gasteiger partial charge in [-0.15, -0.1) is 0 Å². The highest BCUT2D eigenvalue weighted by Crippen LogP contribution is 2.33. The Labute approximate surface area is 185 Å². The molecule has 3 heterocycles. The second-order valence-corrected chi connectivity index (χ2v) is 9.46. The van der Waals surface area contributed by atoms with E-state index in [4.69, 9.17) is 4.98 Å². The predicted molar refractivity (Wildman–Crippen MR) is 127 cm³/mol. The zero-order chi connectivity index (χ0) is 21.2. The Balaban J connectivity index is 1.28. The summed E-state index contributed by atoms with van der Waals surface area (Å²) < 4.78 is 2.10. The average molecular weight is 419 g/mol. The van der Waals surface area contributed by atoms with Gasteiger partial charge in [-0.3, -0.25) is 9.97 Å². The number of aryl methyl sites for hydroxylation is 2. The highest BCUT2D eigenvalue weighted by atomic mass is 15.2. The van der Waals surface area contributed by atoms with Crippen LogP contribution in [0.25, 0.3) is 11.0 Å². The van der Waals surface area contributed by atoms with Crippen molar-refractivity contribution < 1.29 is 0 Å². The van der Waals surface area contributed by atoms with Crippen molar-refractivity contribution in [3.8, 4) is 0 Å². The average Bonchev–Trinajstić information content (AvgIpc) is 3.12. The standard InChI is InChI=1S/C25H34N6/c1-18-17-30(2)25(28-18)29-21-8-6-19(7-9-21)14-20-15-22(31-12-4-3-5-13-31)16-23-24(20)27-11-10-26-23/h10-11,15-17,19,21H,3-9,12-14H2,1-2H3,(H,28,29). The summed E-state index contributed by atoms with van der Waals surface area (Å²) in [4.78, 5) is 16.5. The molecular weight excluding hydrogens is 384 g/mol. The lowest BCUT2D eigenvalue weighted by atomic mass is 9.82. The Morgan fingerprint density at radius 2 is 1.77 bits per heavy atom. The van der Waals surface area contributed by atoms with Gasteiger partial charge in [0.15, 0.2) is 0 Å². The fraction of sp³-hybridized carbons (Fsp3) is 0.560. The maximum Gasteiger partial charge on any atom is 0.202 e. The molecule has 1 saturated heterocycles. The highest BCUT2D eigenvalue weighted by molar-refractivity contribution is 5.82. The quantitative estimate of drug-likeness (QED) is 0.640. The summed E-state index contributed by atoms with van der Waals surface area (Å²) in [6, 6.07) is 5.17. The molecule has 5 rings (SSSR count). The van der Waals surface area contributed by atoms with E-state index in [-0.39, 0.29) is 0 Å². The van der Waals surface area contributed by atoms with Gasteiger partial charge in [-0.2, -0.15) is 0 Å². The molecule has 0 amide bonds. The summed E-state index contributed by atoms with van der Waals surface area (Å²) in [6.07, 6.45) is 15.7. The molecule has 1 aliphatic heterocycles. The third kappa shape index (κ3) is 4.53. The van der Waals surface area contributed by atoms with Crippen LogP contribution in [0.3, 0.4) is 0 Å². The minimum Gasteiger partial charge on any atom is -0.371 e. The smallest absolute Gasteiger partial charge is 0.202 e. The molecule has 0 spiro atoms. The Morgan fingerprint density at radius 1 is 1.00 bits per heavy atom. The molecule has 31 heavy (non-hydrogen) atoms. The van der Waals surface area contributed by atoms with Crippen molar-refractivity contribution in [1.82, 2.24) is 19.5 Å². The molecular formula is C25H34N6. The second kappa shape index (κ2) is 8.85. The molecule has 2 aromatic heterocycles. The molecule has 0 bridgehead atoms. The number of hydrogen-bond donors (Lipinski definition) is 1. The molecule has 2 fully saturated rings. The topological polar surface area (TPSA) is 58.9 Å². The monoisotopic (exact) mass is 418 g/mol. The number of nitrogens with zero attached hydrogens (tertiary/aromatic N) is 5. The van der Waals surface area contributed by atoms with E-state index in [1.807, 2.05) is 19.3 Å². The zero-order valence-corrected chi connectivity index (χ0v) is 18.8. The first-order valence-corrected chi connectivity index (χ1v) is 11.9. The van der Waals surface area contributed by atoms with Crippen LogP contribution in [-0.4, -0.2) is 38.7 Å². The number of hydrogen-bond acceptors (Lipinski definition) is 5. The van der Waals surface area contributed by atoms with Crippen molar-refractivity contribution in [3.05, 3.63) is 42.0 Å². The first kappa shape index (κ1) is 20.3. The number of benzene rings is 1. The minimum absolute atomic E-state index is 0.521. The Morgan fingerprint density at radius 3 is 2.52 bits per heavy atom. The fourth-order valence-corrected chi connectivity index (χ4v) is 5.38. The van der Waals surface area contributed by atoms with Crippen LogP contribution < -0.4 is 10.2 Å². The van der Waals surface area contributed by atoms with Crippen molar-refractivity contribution in [2.24, 2.45) is 13.0 Å². The van der Waals surface area contributed by atoms with Crippen LogP contribution in [0.4, 0.5) is 11.6 Å². The van der Waals surface area contributed by atoms with Crippen LogP contribution in [0.2, 0.25) is 0 Å². The van der Waals surface area contributed by atoms with E-state index in [0.29, 0.717) is 12.0 Å². The second-order valence-electron chi connectivity index (χ2n) is 9.46. The van der Waals surface area contributed by atoms with Crippen molar-refractivity contribution in [3.63, 3.8) is 0 Å². The van der Waals surface area contributed by atoms with Gasteiger partial charge in [0.2, 0.25) is 5.95 Å². The summed E-state index contributed by atoms with van der Waals surface area (Å²) in [5, 5.41) is 3.66. The van der Waals surface area contributed by atoms with Crippen LogP contribution in [-0.2, 0) is 13.5 Å². The van der Waals surface area contributed by atoms with Gasteiger partial charge >= 0.3 is 0 Å². The summed E-state index contributed by atoms with van der Waals surface area (Å²) in [5.74, 6) is 1.71. The molecule has 1 saturated carbocycles. The Hall–Kier alpha value is -2.63. The molecule has 164 valence electrons. The van der Waals surface area contributed by atoms with Gasteiger partial charge < -0.3 is 14.8 Å². The van der Waals surface area contributed by atoms with E-state index in [1.54, 1.807) is 0 Å². The normalized spacial score (nSPS) is 22.1. The number of aromatic nitrogens is 4. The Kier molecular flexibility index (Phi) is 5.79. The molecule has 1 aromatic carbocycles. The molecule has 2 aliphatic rings. The number of anilines is 2. The van der Waals surface area contributed by atoms with Crippen LogP contribution in [0, 0.1) is 12.8 Å². The molecule has 1 aliphatic carbocycles. The predicted octanol–water partition coefficient (Wildman–Crippen LogP) is 4.88. The number of rotatable bonds is 5. The van der Waals surface area contributed by atoms with Gasteiger partial charge in [-0.05, 0) is 81.9 Å². The third-order valence-electron chi connectivity index (χ3n) is 7.04. The number of imidazole rings is 1. The minimum atomic E-state index is 0.521. The molecule has 3 aromatic rings. The van der Waals surface area contributed by atoms with E-state index in [9.17, 15) is 0 Å². The molecule has 6 nitrogen and oxygen atoms in total. The summed E-state index contributed by atoms with van der Waals surface area (Å²) >= 11 is 0. The summed E-state index contributed by atoms with van der Waals surface area (Å²) in [6.45, 7) is 4.37. The van der Waals surface area contributed by atoms with E-state index in [2.05, 4.69) is 50.1 Å². The zero-order valence-electron chi connectivity index (χ0n) is 18.8. The van der Waals surface area contributed by atoms with Gasteiger partial charge in [-0.25, -0.2) is 4.98 Å². The van der Waals surface area contributed by atoms with Crippen molar-refractivity contribution in [1.29, 1.82) is 0 Å². The maximum absolute atomic E-state index is 4.71.